The van der Waals surface area contributed by atoms with Crippen molar-refractivity contribution in [2.24, 2.45) is 28.6 Å². The summed E-state index contributed by atoms with van der Waals surface area (Å²) < 4.78 is 23.1. The van der Waals surface area contributed by atoms with E-state index in [1.807, 2.05) is 27.7 Å². The third kappa shape index (κ3) is 3.29. The number of halogens is 1. The van der Waals surface area contributed by atoms with E-state index in [1.165, 1.54) is 6.42 Å². The number of esters is 2. The Bertz CT molecular complexity index is 636. The normalized spacial score (nSPS) is 38.6. The lowest BCUT2D eigenvalue weighted by atomic mass is 9.66. The van der Waals surface area contributed by atoms with Gasteiger partial charge in [0.2, 0.25) is 5.60 Å². The first-order valence-electron chi connectivity index (χ1n) is 10.2. The number of methoxy groups -OCH3 is 1. The molecule has 2 saturated carbocycles. The van der Waals surface area contributed by atoms with Crippen LogP contribution in [0.3, 0.4) is 0 Å². The summed E-state index contributed by atoms with van der Waals surface area (Å²) in [5.74, 6) is 0.298. The van der Waals surface area contributed by atoms with E-state index in [-0.39, 0.29) is 31.4 Å². The van der Waals surface area contributed by atoms with Crippen LogP contribution in [0.5, 0.6) is 0 Å². The minimum absolute atomic E-state index is 0.0164. The number of fused-ring (bicyclic) bond motifs is 2. The standard InChI is InChI=1S/C21H33IO6/c1-12(16(27-11-25-6)13(2)14-9-15(14)22)10-26-18(24)21-8-7-20(5,17(23)28-21)19(21,3)4/h12-16H,7-11H2,1-6H3/t12-,13-,14+,15+,16-,20-,21+/m0/s1. The Morgan fingerprint density at radius 1 is 1.29 bits per heavy atom. The number of hydrogen-bond acceptors (Lipinski definition) is 6. The van der Waals surface area contributed by atoms with Gasteiger partial charge in [-0.05, 0) is 38.0 Å². The van der Waals surface area contributed by atoms with Gasteiger partial charge in [0.05, 0.1) is 18.1 Å². The monoisotopic (exact) mass is 508 g/mol. The van der Waals surface area contributed by atoms with Gasteiger partial charge in [0.15, 0.2) is 0 Å². The average Bonchev–Trinajstić information content (AvgIpc) is 3.30. The zero-order valence-electron chi connectivity index (χ0n) is 17.7. The molecule has 0 spiro atoms. The summed E-state index contributed by atoms with van der Waals surface area (Å²) in [6, 6.07) is 0. The predicted octanol–water partition coefficient (Wildman–Crippen LogP) is 3.74. The van der Waals surface area contributed by atoms with Crippen molar-refractivity contribution in [2.75, 3.05) is 20.5 Å². The fourth-order valence-electron chi connectivity index (χ4n) is 5.07. The van der Waals surface area contributed by atoms with Crippen LogP contribution >= 0.6 is 22.6 Å². The Kier molecular flexibility index (Phi) is 6.12. The third-order valence-electron chi connectivity index (χ3n) is 7.78. The molecule has 1 saturated heterocycles. The van der Waals surface area contributed by atoms with Crippen molar-refractivity contribution in [3.63, 3.8) is 0 Å². The minimum Gasteiger partial charge on any atom is -0.462 e. The van der Waals surface area contributed by atoms with E-state index in [2.05, 4.69) is 29.5 Å². The van der Waals surface area contributed by atoms with E-state index >= 15 is 0 Å². The molecule has 1 heterocycles. The van der Waals surface area contributed by atoms with E-state index in [4.69, 9.17) is 18.9 Å². The molecule has 7 heteroatoms. The van der Waals surface area contributed by atoms with Gasteiger partial charge >= 0.3 is 11.9 Å². The second kappa shape index (κ2) is 7.69. The zero-order chi connectivity index (χ0) is 20.9. The maximum absolute atomic E-state index is 13.1. The third-order valence-corrected chi connectivity index (χ3v) is 9.21. The lowest BCUT2D eigenvalue weighted by molar-refractivity contribution is -0.186. The fourth-order valence-corrected chi connectivity index (χ4v) is 6.31. The molecule has 2 bridgehead atoms. The summed E-state index contributed by atoms with van der Waals surface area (Å²) in [7, 11) is 1.61. The largest absolute Gasteiger partial charge is 0.462 e. The molecule has 0 aromatic heterocycles. The van der Waals surface area contributed by atoms with Gasteiger partial charge in [-0.1, -0.05) is 50.3 Å². The summed E-state index contributed by atoms with van der Waals surface area (Å²) in [5, 5.41) is 0. The molecule has 0 aromatic carbocycles. The van der Waals surface area contributed by atoms with Crippen molar-refractivity contribution >= 4 is 34.5 Å². The van der Waals surface area contributed by atoms with E-state index in [1.54, 1.807) is 7.11 Å². The summed E-state index contributed by atoms with van der Waals surface area (Å²) in [6.45, 7) is 10.5. The quantitative estimate of drug-likeness (QED) is 0.205. The van der Waals surface area contributed by atoms with Crippen molar-refractivity contribution in [3.8, 4) is 0 Å². The molecular formula is C21H33IO6. The lowest BCUT2D eigenvalue weighted by Gasteiger charge is -2.35. The summed E-state index contributed by atoms with van der Waals surface area (Å²) in [5.41, 5.74) is -2.38. The van der Waals surface area contributed by atoms with Crippen LogP contribution in [0.15, 0.2) is 0 Å². The summed E-state index contributed by atoms with van der Waals surface area (Å²) >= 11 is 2.48. The van der Waals surface area contributed by atoms with E-state index in [0.717, 1.165) is 0 Å². The minimum atomic E-state index is -1.17. The maximum atomic E-state index is 13.1. The van der Waals surface area contributed by atoms with Crippen LogP contribution in [0, 0.1) is 28.6 Å². The highest BCUT2D eigenvalue weighted by Gasteiger charge is 2.76. The molecule has 0 amide bonds. The van der Waals surface area contributed by atoms with Crippen molar-refractivity contribution < 1.29 is 28.5 Å². The van der Waals surface area contributed by atoms with Crippen LogP contribution in [0.25, 0.3) is 0 Å². The topological polar surface area (TPSA) is 71.1 Å². The van der Waals surface area contributed by atoms with E-state index < -0.39 is 22.4 Å². The SMILES string of the molecule is COCO[C@H]([C@@H](C)[C@H]1C[C@H]1I)[C@@H](C)COC(=O)[C@@]12CC[C@@](C)(C(=O)O1)C2(C)C. The van der Waals surface area contributed by atoms with Crippen LogP contribution < -0.4 is 0 Å². The van der Waals surface area contributed by atoms with E-state index in [9.17, 15) is 9.59 Å². The van der Waals surface area contributed by atoms with Crippen LogP contribution in [0.2, 0.25) is 0 Å². The van der Waals surface area contributed by atoms with Crippen molar-refractivity contribution in [1.82, 2.24) is 0 Å². The highest BCUT2D eigenvalue weighted by Crippen LogP contribution is 2.65. The Balaban J connectivity index is 1.65. The smallest absolute Gasteiger partial charge is 0.351 e. The maximum Gasteiger partial charge on any atom is 0.351 e. The Hall–Kier alpha value is -0.410. The van der Waals surface area contributed by atoms with Gasteiger partial charge in [0.25, 0.3) is 0 Å². The van der Waals surface area contributed by atoms with Crippen molar-refractivity contribution in [3.05, 3.63) is 0 Å². The second-order valence-corrected chi connectivity index (χ2v) is 11.2. The molecule has 7 atom stereocenters. The van der Waals surface area contributed by atoms with Gasteiger partial charge in [0.1, 0.15) is 6.79 Å². The molecule has 0 aromatic rings. The van der Waals surface area contributed by atoms with E-state index in [0.29, 0.717) is 28.6 Å². The van der Waals surface area contributed by atoms with Gasteiger partial charge < -0.3 is 18.9 Å². The molecule has 3 rings (SSSR count). The number of alkyl halides is 1. The number of rotatable bonds is 9. The molecule has 3 fully saturated rings. The van der Waals surface area contributed by atoms with Gasteiger partial charge in [-0.25, -0.2) is 4.79 Å². The first-order chi connectivity index (χ1) is 13.0. The highest BCUT2D eigenvalue weighted by atomic mass is 127. The molecule has 0 radical (unpaired) electrons. The molecule has 2 aliphatic carbocycles. The highest BCUT2D eigenvalue weighted by molar-refractivity contribution is 14.1. The van der Waals surface area contributed by atoms with Gasteiger partial charge in [0, 0.05) is 22.4 Å². The van der Waals surface area contributed by atoms with Crippen molar-refractivity contribution in [1.29, 1.82) is 0 Å². The summed E-state index contributed by atoms with van der Waals surface area (Å²) in [4.78, 5) is 25.5. The van der Waals surface area contributed by atoms with Crippen LogP contribution in [0.1, 0.15) is 53.9 Å². The summed E-state index contributed by atoms with van der Waals surface area (Å²) in [6.07, 6.45) is 2.32. The zero-order valence-corrected chi connectivity index (χ0v) is 19.9. The lowest BCUT2D eigenvalue weighted by Crippen LogP contribution is -2.49. The number of carbonyl (C=O) groups is 2. The fraction of sp³-hybridized carbons (Fsp3) is 0.905. The first-order valence-corrected chi connectivity index (χ1v) is 11.4. The number of hydrogen-bond donors (Lipinski definition) is 0. The number of ether oxygens (including phenoxy) is 4. The van der Waals surface area contributed by atoms with Crippen LogP contribution in [-0.4, -0.2) is 48.1 Å². The molecule has 3 aliphatic rings. The Morgan fingerprint density at radius 3 is 2.39 bits per heavy atom. The molecule has 28 heavy (non-hydrogen) atoms. The molecule has 0 unspecified atom stereocenters. The van der Waals surface area contributed by atoms with Gasteiger partial charge in [-0.15, -0.1) is 0 Å². The molecular weight excluding hydrogens is 475 g/mol. The molecule has 1 aliphatic heterocycles. The Labute approximate surface area is 181 Å². The average molecular weight is 508 g/mol. The van der Waals surface area contributed by atoms with Gasteiger partial charge in [-0.3, -0.25) is 4.79 Å². The predicted molar refractivity (Wildman–Crippen MR) is 112 cm³/mol. The van der Waals surface area contributed by atoms with Crippen molar-refractivity contribution in [2.45, 2.75) is 69.5 Å². The van der Waals surface area contributed by atoms with Crippen LogP contribution in [0.4, 0.5) is 0 Å². The molecule has 6 nitrogen and oxygen atoms in total. The Morgan fingerprint density at radius 2 is 1.93 bits per heavy atom. The van der Waals surface area contributed by atoms with Gasteiger partial charge in [-0.2, -0.15) is 0 Å². The molecule has 0 N–H and O–H groups in total. The second-order valence-electron chi connectivity index (χ2n) is 9.56. The molecule has 160 valence electrons. The van der Waals surface area contributed by atoms with Crippen LogP contribution in [-0.2, 0) is 28.5 Å². The first kappa shape index (κ1) is 22.3. The number of carbonyl (C=O) groups excluding carboxylic acids is 2.